The maximum absolute atomic E-state index is 7.81. The normalized spacial score (nSPS) is 0.750. The Morgan fingerprint density at radius 3 is 0.875 bits per heavy atom. The van der Waals surface area contributed by atoms with Gasteiger partial charge in [-0.05, 0) is 0 Å². The van der Waals surface area contributed by atoms with E-state index in [0.29, 0.717) is 0 Å². The van der Waals surface area contributed by atoms with Crippen LogP contribution in [0.5, 0.6) is 0 Å². The topological polar surface area (TPSA) is 103 Å². The van der Waals surface area contributed by atoms with Crippen LogP contribution >= 0.6 is 0 Å². The van der Waals surface area contributed by atoms with Crippen LogP contribution in [-0.2, 0) is 70.3 Å². The van der Waals surface area contributed by atoms with Crippen LogP contribution in [0.15, 0.2) is 0 Å². The van der Waals surface area contributed by atoms with Gasteiger partial charge in [0.1, 0.15) is 0 Å². The maximum atomic E-state index is 7.81. The first-order chi connectivity index (χ1) is 1.00. The van der Waals surface area contributed by atoms with Crippen molar-refractivity contribution in [3.8, 4) is 0 Å². The summed E-state index contributed by atoms with van der Waals surface area (Å²) in [6, 6.07) is 0. The van der Waals surface area contributed by atoms with E-state index in [1.165, 1.54) is 0 Å². The van der Waals surface area contributed by atoms with E-state index in [1.54, 1.807) is 0 Å². The minimum absolute atomic E-state index is 0. The quantitative estimate of drug-likeness (QED) is 0.522. The summed E-state index contributed by atoms with van der Waals surface area (Å²) in [5.41, 5.74) is 0. The molecule has 8 heavy (non-hydrogen) atoms. The van der Waals surface area contributed by atoms with Crippen molar-refractivity contribution in [1.82, 2.24) is 0 Å². The molecule has 0 aliphatic carbocycles. The third-order valence-corrected chi connectivity index (χ3v) is 0. The molecule has 53 valence electrons. The van der Waals surface area contributed by atoms with Gasteiger partial charge in [-0.25, -0.2) is 0 Å². The van der Waals surface area contributed by atoms with Crippen LogP contribution in [0.3, 0.4) is 0 Å². The van der Waals surface area contributed by atoms with Crippen LogP contribution in [-0.4, -0.2) is 0 Å². The van der Waals surface area contributed by atoms with Crippen LogP contribution in [0.1, 0.15) is 0 Å². The summed E-state index contributed by atoms with van der Waals surface area (Å²) in [7, 11) is 0. The van der Waals surface area contributed by atoms with Crippen molar-refractivity contribution in [3.05, 3.63) is 0 Å². The van der Waals surface area contributed by atoms with Crippen LogP contribution in [0.2, 0.25) is 0 Å². The summed E-state index contributed by atoms with van der Waals surface area (Å²) in [5.74, 6) is 0. The molecule has 0 atom stereocenters. The molecule has 0 fully saturated rings. The molecule has 0 heterocycles. The van der Waals surface area contributed by atoms with E-state index in [2.05, 4.69) is 15.9 Å². The molecule has 0 spiro atoms. The second-order valence-corrected chi connectivity index (χ2v) is 0. The molecule has 0 aromatic carbocycles. The van der Waals surface area contributed by atoms with Crippen molar-refractivity contribution in [1.29, 1.82) is 0 Å². The molecule has 0 amide bonds. The van der Waals surface area contributed by atoms with Gasteiger partial charge in [0.05, 0.1) is 0 Å². The predicted molar refractivity (Wildman–Crippen MR) is 2.75 cm³/mol. The Bertz CT molecular complexity index is 16.0. The molecule has 0 aromatic heterocycles. The third kappa shape index (κ3) is 73.1. The van der Waals surface area contributed by atoms with E-state index in [-0.39, 0.29) is 92.3 Å². The molecule has 0 N–H and O–H groups in total. The summed E-state index contributed by atoms with van der Waals surface area (Å²) in [6.07, 6.45) is 0. The van der Waals surface area contributed by atoms with Crippen LogP contribution in [0, 0.1) is 41.7 Å². The summed E-state index contributed by atoms with van der Waals surface area (Å²) >= 11 is 2.94. The van der Waals surface area contributed by atoms with Gasteiger partial charge in [-0.15, -0.1) is 0 Å². The summed E-state index contributed by atoms with van der Waals surface area (Å²) in [5, 5.41) is 0. The van der Waals surface area contributed by atoms with Gasteiger partial charge in [-0.3, -0.25) is 0 Å². The molecule has 0 aliphatic heterocycles. The third-order valence-electron chi connectivity index (χ3n) is 0. The predicted octanol–water partition coefficient (Wildman–Crippen LogP) is -0.483. The first kappa shape index (κ1) is 75.1. The van der Waals surface area contributed by atoms with Crippen molar-refractivity contribution < 1.29 is 112 Å². The molecule has 4 nitrogen and oxygen atoms in total. The van der Waals surface area contributed by atoms with Gasteiger partial charge in [0.15, 0.2) is 0 Å². The average molecular weight is 378 g/mol. The summed E-state index contributed by atoms with van der Waals surface area (Å²) in [6.45, 7) is 0. The molecule has 0 aliphatic rings. The number of hydrogen-bond acceptors (Lipinski definition) is 1. The molecule has 0 saturated heterocycles. The Kier molecular flexibility index (Phi) is 980. The average Bonchev–Trinajstić information content (AvgIpc) is 1.00. The van der Waals surface area contributed by atoms with Crippen molar-refractivity contribution in [2.75, 3.05) is 0 Å². The second-order valence-electron chi connectivity index (χ2n) is 0. The first-order valence-corrected chi connectivity index (χ1v) is 0.508. The first-order valence-electron chi connectivity index (χ1n) is 0.123. The number of hydrogen-bond donors (Lipinski definition) is 0. The summed E-state index contributed by atoms with van der Waals surface area (Å²) in [4.78, 5) is 0. The molecule has 0 saturated carbocycles. The van der Waals surface area contributed by atoms with Gasteiger partial charge in [0.25, 0.3) is 0 Å². The molecule has 0 unspecified atom stereocenters. The van der Waals surface area contributed by atoms with E-state index in [9.17, 15) is 0 Å². The Labute approximate surface area is 110 Å². The van der Waals surface area contributed by atoms with Gasteiger partial charge >= 0.3 is 95.7 Å². The van der Waals surface area contributed by atoms with E-state index in [4.69, 9.17) is 3.83 Å². The van der Waals surface area contributed by atoms with E-state index < -0.39 is 0 Å². The van der Waals surface area contributed by atoms with Crippen LogP contribution in [0.4, 0.5) is 0 Å². The van der Waals surface area contributed by atoms with Crippen LogP contribution < -0.4 is 0 Å². The van der Waals surface area contributed by atoms with E-state index in [1.807, 2.05) is 0 Å². The monoisotopic (exact) mass is 378 g/mol. The van der Waals surface area contributed by atoms with Crippen molar-refractivity contribution in [3.63, 3.8) is 0 Å². The Morgan fingerprint density at radius 1 is 0.875 bits per heavy atom. The molecule has 0 bridgehead atoms. The van der Waals surface area contributed by atoms with Crippen LogP contribution in [0.25, 0.3) is 0 Å². The van der Waals surface area contributed by atoms with E-state index in [0.717, 1.165) is 0 Å². The summed E-state index contributed by atoms with van der Waals surface area (Å²) < 4.78 is 7.81. The fourth-order valence-corrected chi connectivity index (χ4v) is 0. The Morgan fingerprint density at radius 2 is 0.875 bits per heavy atom. The molecule has 2 radical (unpaired) electrons. The van der Waals surface area contributed by atoms with Gasteiger partial charge < -0.3 is 16.4 Å². The SMILES string of the molecule is [Ce+3].[Fe+2].[Mn+2].[O-2].[O-2].[O-2].[O]=[Cu]. The fourth-order valence-electron chi connectivity index (χ4n) is 0. The van der Waals surface area contributed by atoms with Crippen molar-refractivity contribution in [2.24, 2.45) is 0 Å². The molecule has 0 rings (SSSR count). The van der Waals surface area contributed by atoms with Gasteiger partial charge in [-0.2, -0.15) is 0 Å². The fraction of sp³-hybridized carbons (Fsp3) is 0. The van der Waals surface area contributed by atoms with Gasteiger partial charge in [-0.1, -0.05) is 0 Å². The standard InChI is InChI=1S/Ce.Cu.Fe.Mn.4O/q+3;;2*+2;;3*-2. The Balaban J connectivity index is -0.000000000333. The zero-order valence-electron chi connectivity index (χ0n) is 3.17. The van der Waals surface area contributed by atoms with Crippen molar-refractivity contribution >= 4 is 0 Å². The zero-order valence-corrected chi connectivity index (χ0v) is 9.53. The molecule has 0 aromatic rings. The second kappa shape index (κ2) is 104. The van der Waals surface area contributed by atoms with Gasteiger partial charge in [0.2, 0.25) is 0 Å². The zero-order chi connectivity index (χ0) is 2.00. The Hall–Kier alpha value is 2.62. The van der Waals surface area contributed by atoms with Crippen molar-refractivity contribution in [2.45, 2.75) is 0 Å². The molecular formula is CeCuFeMnO4+. The molecular weight excluding hydrogens is 378 g/mol. The van der Waals surface area contributed by atoms with Gasteiger partial charge in [0, 0.05) is 0 Å². The van der Waals surface area contributed by atoms with E-state index >= 15 is 0 Å². The minimum atomic E-state index is 0. The molecule has 8 heteroatoms. The number of rotatable bonds is 0.